The summed E-state index contributed by atoms with van der Waals surface area (Å²) in [5, 5.41) is 15.3. The third kappa shape index (κ3) is 4.97. The third-order valence-corrected chi connectivity index (χ3v) is 6.16. The Kier molecular flexibility index (Phi) is 6.48. The summed E-state index contributed by atoms with van der Waals surface area (Å²) in [5.74, 6) is -0.528. The number of fused-ring (bicyclic) bond motifs is 1. The maximum Gasteiger partial charge on any atom is 0.269 e. The third-order valence-electron chi connectivity index (χ3n) is 6.16. The van der Waals surface area contributed by atoms with E-state index in [1.54, 1.807) is 30.7 Å². The number of pyridine rings is 2. The van der Waals surface area contributed by atoms with Crippen molar-refractivity contribution in [1.29, 1.82) is 0 Å². The number of nitrogens with zero attached hydrogens (tertiary/aromatic N) is 3. The SMILES string of the molecule is O=C(C[C@@H](c1cccc([N+](=O)[O-])c1)c1c[nH]c2cc(-c3ccccn3)ccc12)NCc1ccncc1. The van der Waals surface area contributed by atoms with Crippen molar-refractivity contribution in [3.63, 3.8) is 0 Å². The Morgan fingerprint density at radius 1 is 1.00 bits per heavy atom. The lowest BCUT2D eigenvalue weighted by Gasteiger charge is -2.17. The van der Waals surface area contributed by atoms with Crippen LogP contribution in [0.15, 0.2) is 97.6 Å². The molecule has 0 radical (unpaired) electrons. The van der Waals surface area contributed by atoms with Crippen LogP contribution in [0.25, 0.3) is 22.2 Å². The lowest BCUT2D eigenvalue weighted by atomic mass is 9.87. The molecule has 5 rings (SSSR count). The summed E-state index contributed by atoms with van der Waals surface area (Å²) in [6.45, 7) is 0.379. The van der Waals surface area contributed by atoms with Gasteiger partial charge in [0.1, 0.15) is 0 Å². The van der Waals surface area contributed by atoms with Gasteiger partial charge < -0.3 is 10.3 Å². The van der Waals surface area contributed by atoms with Gasteiger partial charge in [0.2, 0.25) is 5.91 Å². The topological polar surface area (TPSA) is 114 Å². The summed E-state index contributed by atoms with van der Waals surface area (Å²) in [6.07, 6.45) is 7.13. The number of aromatic amines is 1. The highest BCUT2D eigenvalue weighted by molar-refractivity contribution is 5.89. The molecule has 0 aliphatic heterocycles. The van der Waals surface area contributed by atoms with E-state index in [1.807, 2.05) is 60.8 Å². The molecule has 0 unspecified atom stereocenters. The molecule has 0 bridgehead atoms. The monoisotopic (exact) mass is 477 g/mol. The van der Waals surface area contributed by atoms with Crippen LogP contribution in [-0.4, -0.2) is 25.8 Å². The average Bonchev–Trinajstić information content (AvgIpc) is 3.35. The molecule has 3 heterocycles. The number of nitro groups is 1. The largest absolute Gasteiger partial charge is 0.361 e. The predicted octanol–water partition coefficient (Wildman–Crippen LogP) is 5.37. The second kappa shape index (κ2) is 10.2. The fourth-order valence-corrected chi connectivity index (χ4v) is 4.35. The number of carbonyl (C=O) groups is 1. The average molecular weight is 478 g/mol. The Bertz CT molecular complexity index is 1520. The Morgan fingerprint density at radius 3 is 2.64 bits per heavy atom. The van der Waals surface area contributed by atoms with E-state index < -0.39 is 4.92 Å². The zero-order chi connectivity index (χ0) is 24.9. The first-order chi connectivity index (χ1) is 17.6. The Balaban J connectivity index is 1.48. The van der Waals surface area contributed by atoms with E-state index in [1.165, 1.54) is 6.07 Å². The van der Waals surface area contributed by atoms with E-state index in [9.17, 15) is 14.9 Å². The molecule has 2 N–H and O–H groups in total. The minimum absolute atomic E-state index is 0.00743. The van der Waals surface area contributed by atoms with Crippen LogP contribution in [0.1, 0.15) is 29.0 Å². The first-order valence-corrected chi connectivity index (χ1v) is 11.5. The lowest BCUT2D eigenvalue weighted by molar-refractivity contribution is -0.384. The van der Waals surface area contributed by atoms with Gasteiger partial charge in [-0.2, -0.15) is 0 Å². The molecule has 2 aromatic carbocycles. The fourth-order valence-electron chi connectivity index (χ4n) is 4.35. The van der Waals surface area contributed by atoms with Gasteiger partial charge in [0.15, 0.2) is 0 Å². The summed E-state index contributed by atoms with van der Waals surface area (Å²) in [6, 6.07) is 22.0. The maximum atomic E-state index is 13.0. The molecule has 0 aliphatic rings. The first kappa shape index (κ1) is 22.9. The quantitative estimate of drug-likeness (QED) is 0.230. The second-order valence-corrected chi connectivity index (χ2v) is 8.46. The van der Waals surface area contributed by atoms with E-state index in [-0.39, 0.29) is 23.9 Å². The van der Waals surface area contributed by atoms with Crippen LogP contribution in [-0.2, 0) is 11.3 Å². The van der Waals surface area contributed by atoms with E-state index in [4.69, 9.17) is 0 Å². The Hall–Kier alpha value is -4.85. The molecule has 8 nitrogen and oxygen atoms in total. The highest BCUT2D eigenvalue weighted by Crippen LogP contribution is 2.36. The number of carbonyl (C=O) groups excluding carboxylic acids is 1. The molecular formula is C28H23N5O3. The molecule has 1 atom stereocenters. The molecule has 0 spiro atoms. The van der Waals surface area contributed by atoms with Gasteiger partial charge in [-0.15, -0.1) is 0 Å². The molecule has 8 heteroatoms. The number of rotatable bonds is 8. The van der Waals surface area contributed by atoms with Crippen molar-refractivity contribution in [3.8, 4) is 11.3 Å². The van der Waals surface area contributed by atoms with E-state index >= 15 is 0 Å². The van der Waals surface area contributed by atoms with Crippen molar-refractivity contribution in [2.75, 3.05) is 0 Å². The zero-order valence-electron chi connectivity index (χ0n) is 19.3. The summed E-state index contributed by atoms with van der Waals surface area (Å²) in [5.41, 5.74) is 5.28. The maximum absolute atomic E-state index is 13.0. The van der Waals surface area contributed by atoms with Crippen molar-refractivity contribution in [2.45, 2.75) is 18.9 Å². The van der Waals surface area contributed by atoms with Gasteiger partial charge in [0.25, 0.3) is 5.69 Å². The van der Waals surface area contributed by atoms with Crippen LogP contribution in [0.5, 0.6) is 0 Å². The number of benzene rings is 2. The van der Waals surface area contributed by atoms with Crippen LogP contribution in [0.3, 0.4) is 0 Å². The molecule has 0 fully saturated rings. The number of nitro benzene ring substituents is 1. The minimum Gasteiger partial charge on any atom is -0.361 e. The first-order valence-electron chi connectivity index (χ1n) is 11.5. The molecule has 0 aliphatic carbocycles. The molecule has 3 aromatic heterocycles. The van der Waals surface area contributed by atoms with Crippen molar-refractivity contribution in [3.05, 3.63) is 124 Å². The summed E-state index contributed by atoms with van der Waals surface area (Å²) in [7, 11) is 0. The Morgan fingerprint density at radius 2 is 1.86 bits per heavy atom. The van der Waals surface area contributed by atoms with Gasteiger partial charge >= 0.3 is 0 Å². The van der Waals surface area contributed by atoms with Crippen LogP contribution in [0, 0.1) is 10.1 Å². The Labute approximate surface area is 207 Å². The van der Waals surface area contributed by atoms with Crippen molar-refractivity contribution in [1.82, 2.24) is 20.3 Å². The van der Waals surface area contributed by atoms with E-state index in [0.29, 0.717) is 12.1 Å². The van der Waals surface area contributed by atoms with Gasteiger partial charge in [0, 0.05) is 72.3 Å². The molecule has 5 aromatic rings. The number of hydrogen-bond acceptors (Lipinski definition) is 5. The summed E-state index contributed by atoms with van der Waals surface area (Å²) in [4.78, 5) is 35.8. The zero-order valence-corrected chi connectivity index (χ0v) is 19.3. The molecule has 1 amide bonds. The molecule has 36 heavy (non-hydrogen) atoms. The van der Waals surface area contributed by atoms with Crippen LogP contribution in [0.4, 0.5) is 5.69 Å². The number of aromatic nitrogens is 3. The van der Waals surface area contributed by atoms with Gasteiger partial charge in [-0.25, -0.2) is 0 Å². The van der Waals surface area contributed by atoms with Gasteiger partial charge in [0.05, 0.1) is 10.6 Å². The van der Waals surface area contributed by atoms with E-state index in [2.05, 4.69) is 20.3 Å². The standard InChI is InChI=1S/C28H23N5O3/c34-28(32-17-19-9-12-29-13-10-19)16-24(20-4-3-5-22(14-20)33(35)36)25-18-31-27-15-21(7-8-23(25)27)26-6-1-2-11-30-26/h1-15,18,24,31H,16-17H2,(H,32,34)/t24-/m0/s1. The van der Waals surface area contributed by atoms with Crippen LogP contribution < -0.4 is 5.32 Å². The van der Waals surface area contributed by atoms with Gasteiger partial charge in [-0.1, -0.05) is 30.3 Å². The fraction of sp³-hybridized carbons (Fsp3) is 0.107. The molecule has 0 saturated heterocycles. The van der Waals surface area contributed by atoms with Crippen molar-refractivity contribution < 1.29 is 9.72 Å². The van der Waals surface area contributed by atoms with Gasteiger partial charge in [-0.05, 0) is 47.0 Å². The summed E-state index contributed by atoms with van der Waals surface area (Å²) < 4.78 is 0. The van der Waals surface area contributed by atoms with Gasteiger partial charge in [-0.3, -0.25) is 24.9 Å². The number of H-pyrrole nitrogens is 1. The number of non-ortho nitro benzene ring substituents is 1. The van der Waals surface area contributed by atoms with E-state index in [0.717, 1.165) is 33.3 Å². The van der Waals surface area contributed by atoms with Crippen LogP contribution >= 0.6 is 0 Å². The molecular weight excluding hydrogens is 454 g/mol. The highest BCUT2D eigenvalue weighted by atomic mass is 16.6. The number of amides is 1. The normalized spacial score (nSPS) is 11.8. The number of nitrogens with one attached hydrogen (secondary N) is 2. The predicted molar refractivity (Wildman–Crippen MR) is 137 cm³/mol. The van der Waals surface area contributed by atoms with Crippen molar-refractivity contribution in [2.24, 2.45) is 0 Å². The van der Waals surface area contributed by atoms with Crippen LogP contribution in [0.2, 0.25) is 0 Å². The minimum atomic E-state index is -0.418. The lowest BCUT2D eigenvalue weighted by Crippen LogP contribution is -2.25. The van der Waals surface area contributed by atoms with Crippen molar-refractivity contribution >= 4 is 22.5 Å². The smallest absolute Gasteiger partial charge is 0.269 e. The second-order valence-electron chi connectivity index (χ2n) is 8.46. The molecule has 0 saturated carbocycles. The summed E-state index contributed by atoms with van der Waals surface area (Å²) >= 11 is 0. The number of hydrogen-bond donors (Lipinski definition) is 2. The molecule has 178 valence electrons. The highest BCUT2D eigenvalue weighted by Gasteiger charge is 2.23.